The molecule has 2 aromatic heterocycles. The van der Waals surface area contributed by atoms with Crippen molar-refractivity contribution in [2.24, 2.45) is 5.73 Å². The molecule has 30 heavy (non-hydrogen) atoms. The highest BCUT2D eigenvalue weighted by atomic mass is 35.5. The van der Waals surface area contributed by atoms with E-state index in [4.69, 9.17) is 17.3 Å². The van der Waals surface area contributed by atoms with Gasteiger partial charge in [-0.15, -0.1) is 0 Å². The number of rotatable bonds is 5. The average molecular weight is 442 g/mol. The number of fused-ring (bicyclic) bond motifs is 1. The van der Waals surface area contributed by atoms with Crippen LogP contribution in [0.25, 0.3) is 11.0 Å². The highest BCUT2D eigenvalue weighted by Gasteiger charge is 2.22. The van der Waals surface area contributed by atoms with Gasteiger partial charge >= 0.3 is 0 Å². The number of nitrogens with one attached hydrogen (secondary N) is 1. The van der Waals surface area contributed by atoms with Crippen molar-refractivity contribution < 1.29 is 13.2 Å². The van der Waals surface area contributed by atoms with Crippen molar-refractivity contribution in [2.45, 2.75) is 11.8 Å². The summed E-state index contributed by atoms with van der Waals surface area (Å²) in [6.45, 7) is 1.87. The van der Waals surface area contributed by atoms with Gasteiger partial charge in [0.25, 0.3) is 10.0 Å². The summed E-state index contributed by atoms with van der Waals surface area (Å²) in [4.78, 5) is 19.8. The molecule has 0 aliphatic carbocycles. The Balaban J connectivity index is 1.81. The Hall–Kier alpha value is -3.43. The van der Waals surface area contributed by atoms with E-state index in [1.54, 1.807) is 42.5 Å². The number of aromatic nitrogens is 3. The number of primary amides is 1. The van der Waals surface area contributed by atoms with E-state index in [0.29, 0.717) is 22.5 Å². The number of halogens is 1. The van der Waals surface area contributed by atoms with Gasteiger partial charge in [-0.3, -0.25) is 4.79 Å². The molecule has 2 heterocycles. The molecule has 10 heteroatoms. The van der Waals surface area contributed by atoms with Gasteiger partial charge in [-0.1, -0.05) is 23.8 Å². The number of hydrogen-bond acceptors (Lipinski definition) is 6. The molecule has 0 radical (unpaired) electrons. The van der Waals surface area contributed by atoms with Gasteiger partial charge in [-0.2, -0.15) is 9.97 Å². The standard InChI is InChI=1S/C20H16ClN5O3S/c1-12-5-7-15(8-6-12)30(28,29)26-10-9-16-18(24-20(21)25-19(16)26)23-14-4-2-3-13(11-14)17(22)27/h2-11H,1H3,(H2,22,27)(H,23,24,25). The lowest BCUT2D eigenvalue weighted by molar-refractivity contribution is 0.100. The summed E-state index contributed by atoms with van der Waals surface area (Å²) in [6.07, 6.45) is 1.40. The first-order valence-electron chi connectivity index (χ1n) is 8.79. The van der Waals surface area contributed by atoms with Gasteiger partial charge in [0.2, 0.25) is 11.2 Å². The normalized spacial score (nSPS) is 11.5. The zero-order chi connectivity index (χ0) is 21.5. The van der Waals surface area contributed by atoms with Crippen LogP contribution >= 0.6 is 11.6 Å². The van der Waals surface area contributed by atoms with Crippen LogP contribution in [0, 0.1) is 6.92 Å². The molecule has 152 valence electrons. The van der Waals surface area contributed by atoms with E-state index in [-0.39, 0.29) is 15.8 Å². The molecule has 4 rings (SSSR count). The lowest BCUT2D eigenvalue weighted by atomic mass is 10.2. The van der Waals surface area contributed by atoms with Gasteiger partial charge in [0.15, 0.2) is 5.65 Å². The smallest absolute Gasteiger partial charge is 0.269 e. The van der Waals surface area contributed by atoms with Gasteiger partial charge in [0, 0.05) is 17.4 Å². The van der Waals surface area contributed by atoms with E-state index in [9.17, 15) is 13.2 Å². The van der Waals surface area contributed by atoms with E-state index in [1.165, 1.54) is 18.3 Å². The summed E-state index contributed by atoms with van der Waals surface area (Å²) in [6, 6.07) is 14.6. The molecular formula is C20H16ClN5O3S. The molecule has 1 amide bonds. The van der Waals surface area contributed by atoms with Gasteiger partial charge in [0.1, 0.15) is 5.82 Å². The third-order valence-electron chi connectivity index (χ3n) is 4.47. The average Bonchev–Trinajstić information content (AvgIpc) is 3.13. The molecule has 4 aromatic rings. The number of benzene rings is 2. The molecular weight excluding hydrogens is 426 g/mol. The van der Waals surface area contributed by atoms with Crippen molar-refractivity contribution in [1.29, 1.82) is 0 Å². The monoisotopic (exact) mass is 441 g/mol. The second kappa shape index (κ2) is 7.43. The maximum absolute atomic E-state index is 13.1. The van der Waals surface area contributed by atoms with Crippen LogP contribution in [0.5, 0.6) is 0 Å². The van der Waals surface area contributed by atoms with Gasteiger partial charge in [-0.25, -0.2) is 12.4 Å². The third-order valence-corrected chi connectivity index (χ3v) is 6.32. The first-order valence-corrected chi connectivity index (χ1v) is 10.6. The minimum absolute atomic E-state index is 0.129. The molecule has 8 nitrogen and oxygen atoms in total. The maximum Gasteiger partial charge on any atom is 0.269 e. The number of carbonyl (C=O) groups is 1. The topological polar surface area (TPSA) is 120 Å². The number of amides is 1. The minimum atomic E-state index is -3.88. The SMILES string of the molecule is Cc1ccc(S(=O)(=O)n2ccc3c(Nc4cccc(C(N)=O)c4)nc(Cl)nc32)cc1. The molecule has 0 saturated carbocycles. The van der Waals surface area contributed by atoms with Crippen molar-refractivity contribution in [3.05, 3.63) is 77.2 Å². The number of hydrogen-bond donors (Lipinski definition) is 2. The molecule has 3 N–H and O–H groups in total. The van der Waals surface area contributed by atoms with Crippen LogP contribution < -0.4 is 11.1 Å². The zero-order valence-corrected chi connectivity index (χ0v) is 17.3. The summed E-state index contributed by atoms with van der Waals surface area (Å²) in [5, 5.41) is 3.36. The van der Waals surface area contributed by atoms with Crippen molar-refractivity contribution in [1.82, 2.24) is 13.9 Å². The fraction of sp³-hybridized carbons (Fsp3) is 0.0500. The predicted octanol–water partition coefficient (Wildman–Crippen LogP) is 3.47. The van der Waals surface area contributed by atoms with Crippen molar-refractivity contribution >= 4 is 50.1 Å². The fourth-order valence-corrected chi connectivity index (χ4v) is 4.42. The Kier molecular flexibility index (Phi) is 4.92. The third kappa shape index (κ3) is 3.60. The Bertz CT molecular complexity index is 1380. The maximum atomic E-state index is 13.1. The molecule has 2 aromatic carbocycles. The Labute approximate surface area is 177 Å². The highest BCUT2D eigenvalue weighted by molar-refractivity contribution is 7.90. The molecule has 0 aliphatic heterocycles. The number of aryl methyl sites for hydroxylation is 1. The quantitative estimate of drug-likeness (QED) is 0.457. The Morgan fingerprint density at radius 2 is 1.83 bits per heavy atom. The first kappa shape index (κ1) is 19.9. The lowest BCUT2D eigenvalue weighted by Crippen LogP contribution is -2.13. The Morgan fingerprint density at radius 3 is 2.53 bits per heavy atom. The van der Waals surface area contributed by atoms with E-state index >= 15 is 0 Å². The fourth-order valence-electron chi connectivity index (χ4n) is 2.97. The Morgan fingerprint density at radius 1 is 1.10 bits per heavy atom. The van der Waals surface area contributed by atoms with E-state index in [1.807, 2.05) is 6.92 Å². The van der Waals surface area contributed by atoms with Crippen molar-refractivity contribution in [3.63, 3.8) is 0 Å². The van der Waals surface area contributed by atoms with Crippen LogP contribution in [-0.2, 0) is 10.0 Å². The molecule has 0 saturated heterocycles. The van der Waals surface area contributed by atoms with Crippen molar-refractivity contribution in [3.8, 4) is 0 Å². The summed E-state index contributed by atoms with van der Waals surface area (Å²) < 4.78 is 27.3. The first-order chi connectivity index (χ1) is 14.3. The number of nitrogens with zero attached hydrogens (tertiary/aromatic N) is 3. The van der Waals surface area contributed by atoms with Crippen LogP contribution in [-0.4, -0.2) is 28.3 Å². The van der Waals surface area contributed by atoms with Crippen LogP contribution in [0.15, 0.2) is 65.7 Å². The van der Waals surface area contributed by atoms with Crippen LogP contribution in [0.3, 0.4) is 0 Å². The number of anilines is 2. The summed E-state index contributed by atoms with van der Waals surface area (Å²) in [7, 11) is -3.88. The zero-order valence-electron chi connectivity index (χ0n) is 15.7. The number of carbonyl (C=O) groups excluding carboxylic acids is 1. The van der Waals surface area contributed by atoms with Crippen LogP contribution in [0.1, 0.15) is 15.9 Å². The number of nitrogens with two attached hydrogens (primary N) is 1. The lowest BCUT2D eigenvalue weighted by Gasteiger charge is -2.10. The van der Waals surface area contributed by atoms with Crippen molar-refractivity contribution in [2.75, 3.05) is 5.32 Å². The molecule has 0 spiro atoms. The summed E-state index contributed by atoms with van der Waals surface area (Å²) in [5.41, 5.74) is 7.25. The molecule has 0 atom stereocenters. The molecule has 0 unspecified atom stereocenters. The molecule has 0 bridgehead atoms. The largest absolute Gasteiger partial charge is 0.366 e. The van der Waals surface area contributed by atoms with E-state index < -0.39 is 15.9 Å². The molecule has 0 fully saturated rings. The van der Waals surface area contributed by atoms with Crippen LogP contribution in [0.4, 0.5) is 11.5 Å². The summed E-state index contributed by atoms with van der Waals surface area (Å²) in [5.74, 6) is -0.274. The highest BCUT2D eigenvalue weighted by Crippen LogP contribution is 2.29. The minimum Gasteiger partial charge on any atom is -0.366 e. The van der Waals surface area contributed by atoms with E-state index in [0.717, 1.165) is 9.54 Å². The van der Waals surface area contributed by atoms with Crippen LogP contribution in [0.2, 0.25) is 5.28 Å². The second-order valence-electron chi connectivity index (χ2n) is 6.58. The predicted molar refractivity (Wildman–Crippen MR) is 115 cm³/mol. The van der Waals surface area contributed by atoms with Gasteiger partial charge < -0.3 is 11.1 Å². The van der Waals surface area contributed by atoms with Gasteiger partial charge in [-0.05, 0) is 54.9 Å². The van der Waals surface area contributed by atoms with E-state index in [2.05, 4.69) is 15.3 Å². The second-order valence-corrected chi connectivity index (χ2v) is 8.73. The summed E-state index contributed by atoms with van der Waals surface area (Å²) >= 11 is 6.07. The molecule has 0 aliphatic rings. The van der Waals surface area contributed by atoms with Gasteiger partial charge in [0.05, 0.1) is 10.3 Å².